The molecule has 0 radical (unpaired) electrons. The lowest BCUT2D eigenvalue weighted by molar-refractivity contribution is -0.120. The van der Waals surface area contributed by atoms with Crippen LogP contribution in [0.5, 0.6) is 0 Å². The molecule has 1 fully saturated rings. The van der Waals surface area contributed by atoms with Crippen LogP contribution in [0.3, 0.4) is 0 Å². The van der Waals surface area contributed by atoms with E-state index < -0.39 is 0 Å². The maximum absolute atomic E-state index is 12.7. The van der Waals surface area contributed by atoms with Gasteiger partial charge < -0.3 is 10.0 Å². The lowest BCUT2D eigenvalue weighted by atomic mass is 9.83. The number of carbonyl (C=O) groups excluding carboxylic acids is 1. The van der Waals surface area contributed by atoms with Gasteiger partial charge in [0, 0.05) is 35.8 Å². The highest BCUT2D eigenvalue weighted by molar-refractivity contribution is 7.99. The second kappa shape index (κ2) is 6.60. The van der Waals surface area contributed by atoms with Gasteiger partial charge in [0.05, 0.1) is 12.2 Å². The number of hydrogen-bond acceptors (Lipinski definition) is 4. The minimum absolute atomic E-state index is 0.0613. The number of nitrogens with zero attached hydrogens (tertiary/aromatic N) is 2. The molecule has 1 N–H and O–H groups in total. The summed E-state index contributed by atoms with van der Waals surface area (Å²) in [6, 6.07) is 8.14. The number of piperidine rings is 1. The predicted molar refractivity (Wildman–Crippen MR) is 90.4 cm³/mol. The van der Waals surface area contributed by atoms with Gasteiger partial charge in [-0.05, 0) is 31.5 Å². The van der Waals surface area contributed by atoms with Gasteiger partial charge in [-0.2, -0.15) is 0 Å². The molecular weight excluding hydrogens is 296 g/mol. The SMILES string of the molecule is CC1(CO)CCCN(CC(=O)N2CCSc3ccccc32)C1. The number of fused-ring (bicyclic) bond motifs is 1. The van der Waals surface area contributed by atoms with Gasteiger partial charge in [0.15, 0.2) is 0 Å². The summed E-state index contributed by atoms with van der Waals surface area (Å²) in [4.78, 5) is 18.1. The molecule has 1 amide bonds. The largest absolute Gasteiger partial charge is 0.396 e. The highest BCUT2D eigenvalue weighted by atomic mass is 32.2. The van der Waals surface area contributed by atoms with Gasteiger partial charge >= 0.3 is 0 Å². The zero-order valence-electron chi connectivity index (χ0n) is 13.1. The molecule has 2 aliphatic heterocycles. The van der Waals surface area contributed by atoms with E-state index in [9.17, 15) is 9.90 Å². The van der Waals surface area contributed by atoms with Crippen LogP contribution < -0.4 is 4.90 Å². The summed E-state index contributed by atoms with van der Waals surface area (Å²) in [6.45, 7) is 5.29. The number of rotatable bonds is 3. The van der Waals surface area contributed by atoms with Crippen molar-refractivity contribution in [2.45, 2.75) is 24.7 Å². The number of anilines is 1. The van der Waals surface area contributed by atoms with E-state index in [1.54, 1.807) is 0 Å². The quantitative estimate of drug-likeness (QED) is 0.927. The van der Waals surface area contributed by atoms with E-state index in [0.29, 0.717) is 6.54 Å². The van der Waals surface area contributed by atoms with Gasteiger partial charge in [0.2, 0.25) is 5.91 Å². The third-order valence-electron chi connectivity index (χ3n) is 4.63. The van der Waals surface area contributed by atoms with Crippen LogP contribution in [0.2, 0.25) is 0 Å². The Morgan fingerprint density at radius 1 is 1.36 bits per heavy atom. The molecule has 0 aliphatic carbocycles. The van der Waals surface area contributed by atoms with Crippen LogP contribution in [0.15, 0.2) is 29.2 Å². The molecule has 1 saturated heterocycles. The standard InChI is InChI=1S/C17H24N2O2S/c1-17(13-20)7-4-8-18(12-17)11-16(21)19-9-10-22-15-6-3-2-5-14(15)19/h2-3,5-6,20H,4,7-13H2,1H3. The van der Waals surface area contributed by atoms with E-state index in [4.69, 9.17) is 0 Å². The third kappa shape index (κ3) is 3.31. The van der Waals surface area contributed by atoms with E-state index in [1.807, 2.05) is 34.9 Å². The molecule has 1 unspecified atom stereocenters. The second-order valence-corrected chi connectivity index (χ2v) is 7.78. The molecule has 120 valence electrons. The maximum Gasteiger partial charge on any atom is 0.241 e. The van der Waals surface area contributed by atoms with Crippen LogP contribution in [0.4, 0.5) is 5.69 Å². The molecule has 0 bridgehead atoms. The van der Waals surface area contributed by atoms with Gasteiger partial charge in [-0.3, -0.25) is 9.69 Å². The Morgan fingerprint density at radius 2 is 2.18 bits per heavy atom. The number of thioether (sulfide) groups is 1. The number of amides is 1. The molecule has 4 nitrogen and oxygen atoms in total. The van der Waals surface area contributed by atoms with Crippen LogP contribution in [0.1, 0.15) is 19.8 Å². The summed E-state index contributed by atoms with van der Waals surface area (Å²) >= 11 is 1.82. The molecular formula is C17H24N2O2S. The Labute approximate surface area is 136 Å². The van der Waals surface area contributed by atoms with Crippen molar-refractivity contribution in [3.8, 4) is 0 Å². The van der Waals surface area contributed by atoms with Crippen molar-refractivity contribution < 1.29 is 9.90 Å². The molecule has 1 aromatic carbocycles. The summed E-state index contributed by atoms with van der Waals surface area (Å²) in [7, 11) is 0. The Morgan fingerprint density at radius 3 is 3.00 bits per heavy atom. The average molecular weight is 320 g/mol. The molecule has 5 heteroatoms. The summed E-state index contributed by atoms with van der Waals surface area (Å²) < 4.78 is 0. The number of carbonyl (C=O) groups is 1. The van der Waals surface area contributed by atoms with Gasteiger partial charge in [-0.1, -0.05) is 19.1 Å². The molecule has 0 spiro atoms. The number of hydrogen-bond donors (Lipinski definition) is 1. The Bertz CT molecular complexity index is 551. The van der Waals surface area contributed by atoms with Crippen LogP contribution >= 0.6 is 11.8 Å². The van der Waals surface area contributed by atoms with Gasteiger partial charge in [-0.15, -0.1) is 11.8 Å². The number of para-hydroxylation sites is 1. The third-order valence-corrected chi connectivity index (χ3v) is 5.67. The summed E-state index contributed by atoms with van der Waals surface area (Å²) in [5, 5.41) is 9.56. The van der Waals surface area contributed by atoms with Crippen molar-refractivity contribution in [1.29, 1.82) is 0 Å². The van der Waals surface area contributed by atoms with Crippen molar-refractivity contribution in [3.63, 3.8) is 0 Å². The summed E-state index contributed by atoms with van der Waals surface area (Å²) in [5.41, 5.74) is 0.986. The monoisotopic (exact) mass is 320 g/mol. The first-order valence-corrected chi connectivity index (χ1v) is 8.95. The molecule has 22 heavy (non-hydrogen) atoms. The Balaban J connectivity index is 1.68. The number of aliphatic hydroxyl groups is 1. The fourth-order valence-electron chi connectivity index (χ4n) is 3.40. The summed E-state index contributed by atoms with van der Waals surface area (Å²) in [5.74, 6) is 1.13. The summed E-state index contributed by atoms with van der Waals surface area (Å²) in [6.07, 6.45) is 2.09. The molecule has 2 heterocycles. The number of benzene rings is 1. The maximum atomic E-state index is 12.7. The van der Waals surface area contributed by atoms with E-state index >= 15 is 0 Å². The Hall–Kier alpha value is -1.04. The normalized spacial score (nSPS) is 25.8. The molecule has 3 rings (SSSR count). The minimum atomic E-state index is -0.0613. The van der Waals surface area contributed by atoms with Crippen LogP contribution in [0, 0.1) is 5.41 Å². The lowest BCUT2D eigenvalue weighted by Gasteiger charge is -2.40. The number of aliphatic hydroxyl groups excluding tert-OH is 1. The number of likely N-dealkylation sites (tertiary alicyclic amines) is 1. The van der Waals surface area contributed by atoms with Crippen molar-refractivity contribution in [1.82, 2.24) is 4.90 Å². The van der Waals surface area contributed by atoms with Gasteiger partial charge in [0.1, 0.15) is 0 Å². The van der Waals surface area contributed by atoms with Crippen molar-refractivity contribution in [2.24, 2.45) is 5.41 Å². The molecule has 1 atom stereocenters. The molecule has 0 aromatic heterocycles. The van der Waals surface area contributed by atoms with E-state index in [0.717, 1.165) is 43.9 Å². The van der Waals surface area contributed by atoms with Gasteiger partial charge in [0.25, 0.3) is 0 Å². The molecule has 2 aliphatic rings. The van der Waals surface area contributed by atoms with Crippen LogP contribution in [-0.4, -0.2) is 54.5 Å². The second-order valence-electron chi connectivity index (χ2n) is 6.64. The van der Waals surface area contributed by atoms with Crippen molar-refractivity contribution in [2.75, 3.05) is 43.4 Å². The first-order valence-electron chi connectivity index (χ1n) is 7.97. The van der Waals surface area contributed by atoms with Gasteiger partial charge in [-0.25, -0.2) is 0 Å². The first-order chi connectivity index (χ1) is 10.6. The minimum Gasteiger partial charge on any atom is -0.396 e. The smallest absolute Gasteiger partial charge is 0.241 e. The highest BCUT2D eigenvalue weighted by Gasteiger charge is 2.32. The van der Waals surface area contributed by atoms with E-state index in [1.165, 1.54) is 4.90 Å². The zero-order valence-corrected chi connectivity index (χ0v) is 13.9. The highest BCUT2D eigenvalue weighted by Crippen LogP contribution is 2.34. The van der Waals surface area contributed by atoms with Crippen molar-refractivity contribution in [3.05, 3.63) is 24.3 Å². The van der Waals surface area contributed by atoms with Crippen LogP contribution in [0.25, 0.3) is 0 Å². The van der Waals surface area contributed by atoms with Crippen LogP contribution in [-0.2, 0) is 4.79 Å². The molecule has 0 saturated carbocycles. The van der Waals surface area contributed by atoms with E-state index in [2.05, 4.69) is 17.9 Å². The predicted octanol–water partition coefficient (Wildman–Crippen LogP) is 2.22. The first kappa shape index (κ1) is 15.8. The zero-order chi connectivity index (χ0) is 15.6. The van der Waals surface area contributed by atoms with Crippen molar-refractivity contribution >= 4 is 23.4 Å². The lowest BCUT2D eigenvalue weighted by Crippen LogP contribution is -2.49. The van der Waals surface area contributed by atoms with E-state index in [-0.39, 0.29) is 17.9 Å². The molecule has 1 aromatic rings. The Kier molecular flexibility index (Phi) is 4.76. The fourth-order valence-corrected chi connectivity index (χ4v) is 4.39. The average Bonchev–Trinajstić information content (AvgIpc) is 2.54. The fraction of sp³-hybridized carbons (Fsp3) is 0.588. The topological polar surface area (TPSA) is 43.8 Å².